The summed E-state index contributed by atoms with van der Waals surface area (Å²) in [6, 6.07) is 17.1. The molecule has 6 nitrogen and oxygen atoms in total. The first-order valence-corrected chi connectivity index (χ1v) is 9.30. The highest BCUT2D eigenvalue weighted by molar-refractivity contribution is 5.93. The number of amides is 1. The van der Waals surface area contributed by atoms with Crippen LogP contribution in [0.3, 0.4) is 0 Å². The Morgan fingerprint density at radius 3 is 2.25 bits per heavy atom. The summed E-state index contributed by atoms with van der Waals surface area (Å²) >= 11 is 0. The van der Waals surface area contributed by atoms with Crippen molar-refractivity contribution >= 4 is 17.5 Å². The lowest BCUT2D eigenvalue weighted by molar-refractivity contribution is 0.0951. The summed E-state index contributed by atoms with van der Waals surface area (Å²) in [6.07, 6.45) is 3.98. The molecule has 0 radical (unpaired) electrons. The van der Waals surface area contributed by atoms with Gasteiger partial charge >= 0.3 is 0 Å². The second-order valence-electron chi connectivity index (χ2n) is 6.80. The molecule has 0 unspecified atom stereocenters. The molecular formula is C22H24N4O2. The Hall–Kier alpha value is -3.41. The minimum atomic E-state index is -0.158. The number of carbonyl (C=O) groups is 1. The van der Waals surface area contributed by atoms with E-state index in [9.17, 15) is 4.79 Å². The average Bonchev–Trinajstić information content (AvgIpc) is 2.70. The zero-order chi connectivity index (χ0) is 19.8. The minimum absolute atomic E-state index is 0.158. The molecule has 144 valence electrons. The van der Waals surface area contributed by atoms with E-state index in [-0.39, 0.29) is 5.91 Å². The highest BCUT2D eigenvalue weighted by atomic mass is 16.5. The SMILES string of the molecule is CC(C)CCNC(=O)c1cnc(Nc2ccc(Oc3ccccc3)cc2)nc1. The average molecular weight is 376 g/mol. The molecule has 3 rings (SSSR count). The molecule has 0 aliphatic rings. The Balaban J connectivity index is 1.54. The first-order valence-electron chi connectivity index (χ1n) is 9.30. The molecule has 6 heteroatoms. The summed E-state index contributed by atoms with van der Waals surface area (Å²) in [5, 5.41) is 5.98. The van der Waals surface area contributed by atoms with Gasteiger partial charge in [0.15, 0.2) is 0 Å². The molecule has 1 aromatic heterocycles. The summed E-state index contributed by atoms with van der Waals surface area (Å²) in [5.74, 6) is 2.34. The van der Waals surface area contributed by atoms with Crippen molar-refractivity contribution in [3.05, 3.63) is 72.6 Å². The standard InChI is InChI=1S/C22H24N4O2/c1-16(2)12-13-23-21(27)17-14-24-22(25-15-17)26-18-8-10-20(11-9-18)28-19-6-4-3-5-7-19/h3-11,14-16H,12-13H2,1-2H3,(H,23,27)(H,24,25,26). The number of aromatic nitrogens is 2. The smallest absolute Gasteiger partial charge is 0.254 e. The van der Waals surface area contributed by atoms with Gasteiger partial charge in [-0.1, -0.05) is 32.0 Å². The van der Waals surface area contributed by atoms with Crippen LogP contribution < -0.4 is 15.4 Å². The molecule has 3 aromatic rings. The number of hydrogen-bond donors (Lipinski definition) is 2. The van der Waals surface area contributed by atoms with Gasteiger partial charge in [-0.3, -0.25) is 4.79 Å². The molecule has 0 aliphatic carbocycles. The number of rotatable bonds is 8. The quantitative estimate of drug-likeness (QED) is 0.591. The fourth-order valence-corrected chi connectivity index (χ4v) is 2.45. The van der Waals surface area contributed by atoms with E-state index >= 15 is 0 Å². The molecule has 2 N–H and O–H groups in total. The van der Waals surface area contributed by atoms with E-state index in [0.717, 1.165) is 23.6 Å². The number of para-hydroxylation sites is 1. The lowest BCUT2D eigenvalue weighted by atomic mass is 10.1. The maximum absolute atomic E-state index is 12.1. The van der Waals surface area contributed by atoms with Gasteiger partial charge in [0.2, 0.25) is 5.95 Å². The molecular weight excluding hydrogens is 352 g/mol. The van der Waals surface area contributed by atoms with E-state index in [4.69, 9.17) is 4.74 Å². The number of nitrogens with zero attached hydrogens (tertiary/aromatic N) is 2. The maximum atomic E-state index is 12.1. The molecule has 0 atom stereocenters. The van der Waals surface area contributed by atoms with E-state index in [1.54, 1.807) is 0 Å². The van der Waals surface area contributed by atoms with Crippen LogP contribution in [-0.2, 0) is 0 Å². The summed E-state index contributed by atoms with van der Waals surface area (Å²) < 4.78 is 5.77. The highest BCUT2D eigenvalue weighted by Crippen LogP contribution is 2.23. The Labute approximate surface area is 165 Å². The number of carbonyl (C=O) groups excluding carboxylic acids is 1. The van der Waals surface area contributed by atoms with Crippen LogP contribution in [0, 0.1) is 5.92 Å². The number of hydrogen-bond acceptors (Lipinski definition) is 5. The molecule has 0 fully saturated rings. The van der Waals surface area contributed by atoms with Crippen molar-refractivity contribution in [1.29, 1.82) is 0 Å². The van der Waals surface area contributed by atoms with Gasteiger partial charge in [0.25, 0.3) is 5.91 Å². The van der Waals surface area contributed by atoms with Gasteiger partial charge in [0.05, 0.1) is 5.56 Å². The van der Waals surface area contributed by atoms with Crippen molar-refractivity contribution < 1.29 is 9.53 Å². The number of ether oxygens (including phenoxy) is 1. The summed E-state index contributed by atoms with van der Waals surface area (Å²) in [6.45, 7) is 4.89. The largest absolute Gasteiger partial charge is 0.457 e. The van der Waals surface area contributed by atoms with Crippen molar-refractivity contribution in [2.24, 2.45) is 5.92 Å². The first kappa shape index (κ1) is 19.4. The Bertz CT molecular complexity index is 879. The van der Waals surface area contributed by atoms with Crippen molar-refractivity contribution in [3.63, 3.8) is 0 Å². The second kappa shape index (κ2) is 9.50. The predicted octanol–water partition coefficient (Wildman–Crippen LogP) is 4.79. The topological polar surface area (TPSA) is 76.1 Å². The monoisotopic (exact) mass is 376 g/mol. The zero-order valence-corrected chi connectivity index (χ0v) is 16.1. The normalized spacial score (nSPS) is 10.5. The van der Waals surface area contributed by atoms with Crippen LogP contribution in [0.25, 0.3) is 0 Å². The van der Waals surface area contributed by atoms with Crippen LogP contribution in [0.1, 0.15) is 30.6 Å². The highest BCUT2D eigenvalue weighted by Gasteiger charge is 2.07. The maximum Gasteiger partial charge on any atom is 0.254 e. The lowest BCUT2D eigenvalue weighted by Gasteiger charge is -2.09. The van der Waals surface area contributed by atoms with Gasteiger partial charge in [0.1, 0.15) is 11.5 Å². The van der Waals surface area contributed by atoms with Crippen molar-refractivity contribution in [2.45, 2.75) is 20.3 Å². The second-order valence-corrected chi connectivity index (χ2v) is 6.80. The predicted molar refractivity (Wildman–Crippen MR) is 110 cm³/mol. The third-order valence-electron chi connectivity index (χ3n) is 4.01. The lowest BCUT2D eigenvalue weighted by Crippen LogP contribution is -2.25. The van der Waals surface area contributed by atoms with Crippen LogP contribution in [0.4, 0.5) is 11.6 Å². The van der Waals surface area contributed by atoms with E-state index in [0.29, 0.717) is 24.0 Å². The van der Waals surface area contributed by atoms with Gasteiger partial charge in [-0.25, -0.2) is 9.97 Å². The number of anilines is 2. The van der Waals surface area contributed by atoms with Crippen LogP contribution in [0.15, 0.2) is 67.0 Å². The summed E-state index contributed by atoms with van der Waals surface area (Å²) in [5.41, 5.74) is 1.27. The van der Waals surface area contributed by atoms with E-state index in [1.165, 1.54) is 12.4 Å². The fraction of sp³-hybridized carbons (Fsp3) is 0.227. The van der Waals surface area contributed by atoms with Crippen LogP contribution in [0.5, 0.6) is 11.5 Å². The Kier molecular flexibility index (Phi) is 6.57. The Morgan fingerprint density at radius 1 is 0.964 bits per heavy atom. The van der Waals surface area contributed by atoms with E-state index in [2.05, 4.69) is 34.4 Å². The molecule has 0 saturated heterocycles. The van der Waals surface area contributed by atoms with Crippen molar-refractivity contribution in [3.8, 4) is 11.5 Å². The Morgan fingerprint density at radius 2 is 1.61 bits per heavy atom. The molecule has 0 bridgehead atoms. The number of nitrogens with one attached hydrogen (secondary N) is 2. The zero-order valence-electron chi connectivity index (χ0n) is 16.1. The summed E-state index contributed by atoms with van der Waals surface area (Å²) in [7, 11) is 0. The number of benzene rings is 2. The van der Waals surface area contributed by atoms with E-state index in [1.807, 2.05) is 54.6 Å². The minimum Gasteiger partial charge on any atom is -0.457 e. The van der Waals surface area contributed by atoms with Crippen LogP contribution in [0.2, 0.25) is 0 Å². The fourth-order valence-electron chi connectivity index (χ4n) is 2.45. The van der Waals surface area contributed by atoms with E-state index < -0.39 is 0 Å². The molecule has 1 amide bonds. The van der Waals surface area contributed by atoms with Gasteiger partial charge in [-0.15, -0.1) is 0 Å². The third kappa shape index (κ3) is 5.81. The van der Waals surface area contributed by atoms with Gasteiger partial charge in [-0.2, -0.15) is 0 Å². The van der Waals surface area contributed by atoms with Gasteiger partial charge in [-0.05, 0) is 48.7 Å². The van der Waals surface area contributed by atoms with Crippen molar-refractivity contribution in [2.75, 3.05) is 11.9 Å². The molecule has 0 saturated carbocycles. The molecule has 28 heavy (non-hydrogen) atoms. The molecule has 1 heterocycles. The van der Waals surface area contributed by atoms with Crippen molar-refractivity contribution in [1.82, 2.24) is 15.3 Å². The van der Waals surface area contributed by atoms with Crippen LogP contribution >= 0.6 is 0 Å². The molecule has 2 aromatic carbocycles. The molecule has 0 aliphatic heterocycles. The summed E-state index contributed by atoms with van der Waals surface area (Å²) in [4.78, 5) is 20.5. The first-order chi connectivity index (χ1) is 13.6. The van der Waals surface area contributed by atoms with Gasteiger partial charge < -0.3 is 15.4 Å². The third-order valence-corrected chi connectivity index (χ3v) is 4.01. The van der Waals surface area contributed by atoms with Crippen LogP contribution in [-0.4, -0.2) is 22.4 Å². The molecule has 0 spiro atoms. The van der Waals surface area contributed by atoms with Gasteiger partial charge in [0, 0.05) is 24.6 Å².